The molecule has 15 heavy (non-hydrogen) atoms. The molecule has 0 spiro atoms. The second-order valence-corrected chi connectivity index (χ2v) is 3.61. The Morgan fingerprint density at radius 1 is 1.33 bits per heavy atom. The Labute approximate surface area is 96.1 Å². The Balaban J connectivity index is 2.67. The van der Waals surface area contributed by atoms with E-state index >= 15 is 0 Å². The molecule has 0 aliphatic heterocycles. The maximum atomic E-state index is 11.3. The number of esters is 1. The normalized spacial score (nSPS) is 9.80. The highest BCUT2D eigenvalue weighted by atomic mass is 79.9. The van der Waals surface area contributed by atoms with Crippen LogP contribution in [0.25, 0.3) is 0 Å². The lowest BCUT2D eigenvalue weighted by atomic mass is 9.80. The average Bonchev–Trinajstić information content (AvgIpc) is 2.26. The second-order valence-electron chi connectivity index (χ2n) is 2.82. The first-order valence-corrected chi connectivity index (χ1v) is 5.46. The molecule has 0 heterocycles. The van der Waals surface area contributed by atoms with Gasteiger partial charge in [-0.25, -0.2) is 4.79 Å². The summed E-state index contributed by atoms with van der Waals surface area (Å²) in [6.07, 6.45) is 0. The van der Waals surface area contributed by atoms with Crippen molar-refractivity contribution in [3.05, 3.63) is 29.8 Å². The fraction of sp³-hybridized carbons (Fsp3) is 0.222. The number of benzene rings is 1. The molecule has 0 aliphatic carbocycles. The average molecular weight is 273 g/mol. The van der Waals surface area contributed by atoms with Crippen molar-refractivity contribution in [1.82, 2.24) is 0 Å². The lowest BCUT2D eigenvalue weighted by Gasteiger charge is -2.03. The first-order chi connectivity index (χ1) is 7.15. The Hall–Kier alpha value is -0.845. The number of hydrogen-bond donors (Lipinski definition) is 2. The van der Waals surface area contributed by atoms with Gasteiger partial charge in [-0.15, -0.1) is 0 Å². The van der Waals surface area contributed by atoms with Crippen LogP contribution in [0.2, 0.25) is 0 Å². The summed E-state index contributed by atoms with van der Waals surface area (Å²) in [5.74, 6) is -0.423. The van der Waals surface area contributed by atoms with Crippen LogP contribution in [0.15, 0.2) is 24.3 Å². The quantitative estimate of drug-likeness (QED) is 0.457. The predicted molar refractivity (Wildman–Crippen MR) is 60.3 cm³/mol. The van der Waals surface area contributed by atoms with Gasteiger partial charge < -0.3 is 14.8 Å². The molecule has 1 aromatic rings. The number of alkyl halides is 1. The molecule has 0 saturated heterocycles. The minimum Gasteiger partial charge on any atom is -0.461 e. The van der Waals surface area contributed by atoms with Gasteiger partial charge in [0.25, 0.3) is 0 Å². The van der Waals surface area contributed by atoms with E-state index in [1.807, 2.05) is 0 Å². The molecule has 0 unspecified atom stereocenters. The van der Waals surface area contributed by atoms with Crippen LogP contribution in [0, 0.1) is 0 Å². The van der Waals surface area contributed by atoms with Crippen LogP contribution < -0.4 is 5.46 Å². The van der Waals surface area contributed by atoms with Crippen molar-refractivity contribution in [1.29, 1.82) is 0 Å². The summed E-state index contributed by atoms with van der Waals surface area (Å²) < 4.78 is 4.87. The third kappa shape index (κ3) is 3.66. The summed E-state index contributed by atoms with van der Waals surface area (Å²) in [7, 11) is -1.52. The number of carbonyl (C=O) groups excluding carboxylic acids is 1. The fourth-order valence-corrected chi connectivity index (χ4v) is 1.17. The van der Waals surface area contributed by atoms with E-state index in [1.165, 1.54) is 24.3 Å². The van der Waals surface area contributed by atoms with Gasteiger partial charge in [-0.05, 0) is 17.6 Å². The van der Waals surface area contributed by atoms with E-state index in [1.54, 1.807) is 0 Å². The van der Waals surface area contributed by atoms with Gasteiger partial charge in [0.1, 0.15) is 6.61 Å². The summed E-state index contributed by atoms with van der Waals surface area (Å²) in [5, 5.41) is 18.2. The van der Waals surface area contributed by atoms with E-state index in [-0.39, 0.29) is 0 Å². The van der Waals surface area contributed by atoms with Crippen LogP contribution in [0.5, 0.6) is 0 Å². The standard InChI is InChI=1S/C9H10BBrO4/c11-5-6-15-9(12)7-1-3-8(4-2-7)10(13)14/h1-4,13-14H,5-6H2. The number of rotatable bonds is 4. The zero-order chi connectivity index (χ0) is 11.3. The molecule has 0 fully saturated rings. The topological polar surface area (TPSA) is 66.8 Å². The number of ether oxygens (including phenoxy) is 1. The molecule has 6 heteroatoms. The van der Waals surface area contributed by atoms with Crippen LogP contribution in [-0.4, -0.2) is 35.1 Å². The third-order valence-corrected chi connectivity index (χ3v) is 2.08. The van der Waals surface area contributed by atoms with Crippen molar-refractivity contribution >= 4 is 34.5 Å². The Kier molecular flexibility index (Phi) is 4.81. The van der Waals surface area contributed by atoms with E-state index in [4.69, 9.17) is 14.8 Å². The van der Waals surface area contributed by atoms with Crippen LogP contribution in [0.3, 0.4) is 0 Å². The van der Waals surface area contributed by atoms with Crippen molar-refractivity contribution in [3.63, 3.8) is 0 Å². The highest BCUT2D eigenvalue weighted by Gasteiger charge is 2.12. The van der Waals surface area contributed by atoms with Crippen molar-refractivity contribution in [2.24, 2.45) is 0 Å². The predicted octanol–water partition coefficient (Wildman–Crippen LogP) is -0.0819. The molecular weight excluding hydrogens is 263 g/mol. The summed E-state index contributed by atoms with van der Waals surface area (Å²) in [6, 6.07) is 5.92. The van der Waals surface area contributed by atoms with Crippen molar-refractivity contribution in [3.8, 4) is 0 Å². The SMILES string of the molecule is O=C(OCCBr)c1ccc(B(O)O)cc1. The van der Waals surface area contributed by atoms with E-state index < -0.39 is 13.1 Å². The van der Waals surface area contributed by atoms with Gasteiger partial charge in [-0.2, -0.15) is 0 Å². The van der Waals surface area contributed by atoms with Gasteiger partial charge in [-0.3, -0.25) is 0 Å². The lowest BCUT2D eigenvalue weighted by molar-refractivity contribution is 0.0531. The van der Waals surface area contributed by atoms with Gasteiger partial charge in [0.2, 0.25) is 0 Å². The second kappa shape index (κ2) is 5.90. The lowest BCUT2D eigenvalue weighted by Crippen LogP contribution is -2.29. The minimum absolute atomic E-state index is 0.309. The first-order valence-electron chi connectivity index (χ1n) is 4.34. The van der Waals surface area contributed by atoms with Gasteiger partial charge in [-0.1, -0.05) is 28.1 Å². The number of halogens is 1. The summed E-state index contributed by atoms with van der Waals surface area (Å²) in [6.45, 7) is 0.309. The maximum Gasteiger partial charge on any atom is 0.488 e. The molecule has 0 radical (unpaired) electrons. The van der Waals surface area contributed by atoms with Gasteiger partial charge in [0.05, 0.1) is 5.56 Å². The molecule has 4 nitrogen and oxygen atoms in total. The molecule has 0 aliphatic rings. The molecule has 0 aromatic heterocycles. The van der Waals surface area contributed by atoms with Crippen LogP contribution in [0.4, 0.5) is 0 Å². The maximum absolute atomic E-state index is 11.3. The molecule has 0 bridgehead atoms. The molecule has 1 rings (SSSR count). The number of carbonyl (C=O) groups is 1. The van der Waals surface area contributed by atoms with Crippen LogP contribution >= 0.6 is 15.9 Å². The fourth-order valence-electron chi connectivity index (χ4n) is 1.01. The van der Waals surface area contributed by atoms with Crippen molar-refractivity contribution in [2.75, 3.05) is 11.9 Å². The largest absolute Gasteiger partial charge is 0.488 e. The van der Waals surface area contributed by atoms with E-state index in [0.717, 1.165) is 0 Å². The van der Waals surface area contributed by atoms with Crippen LogP contribution in [-0.2, 0) is 4.74 Å². The Morgan fingerprint density at radius 3 is 2.40 bits per heavy atom. The first kappa shape index (κ1) is 12.2. The number of hydrogen-bond acceptors (Lipinski definition) is 4. The smallest absolute Gasteiger partial charge is 0.461 e. The molecule has 0 saturated carbocycles. The highest BCUT2D eigenvalue weighted by Crippen LogP contribution is 2.00. The van der Waals surface area contributed by atoms with Crippen LogP contribution in [0.1, 0.15) is 10.4 Å². The van der Waals surface area contributed by atoms with Gasteiger partial charge in [0.15, 0.2) is 0 Å². The molecular formula is C9H10BBrO4. The summed E-state index contributed by atoms with van der Waals surface area (Å²) in [4.78, 5) is 11.3. The monoisotopic (exact) mass is 272 g/mol. The zero-order valence-corrected chi connectivity index (χ0v) is 9.48. The third-order valence-electron chi connectivity index (χ3n) is 1.75. The van der Waals surface area contributed by atoms with E-state index in [2.05, 4.69) is 15.9 Å². The van der Waals surface area contributed by atoms with E-state index in [9.17, 15) is 4.79 Å². The Morgan fingerprint density at radius 2 is 1.93 bits per heavy atom. The highest BCUT2D eigenvalue weighted by molar-refractivity contribution is 9.09. The molecule has 1 aromatic carbocycles. The summed E-state index contributed by atoms with van der Waals surface area (Å²) in [5.41, 5.74) is 0.729. The van der Waals surface area contributed by atoms with Crippen molar-refractivity contribution < 1.29 is 19.6 Å². The molecule has 80 valence electrons. The molecule has 0 amide bonds. The molecule has 0 atom stereocenters. The van der Waals surface area contributed by atoms with Crippen molar-refractivity contribution in [2.45, 2.75) is 0 Å². The zero-order valence-electron chi connectivity index (χ0n) is 7.89. The summed E-state index contributed by atoms with van der Waals surface area (Å²) >= 11 is 3.14. The van der Waals surface area contributed by atoms with Gasteiger partial charge in [0, 0.05) is 5.33 Å². The minimum atomic E-state index is -1.52. The Bertz CT molecular complexity index is 325. The molecule has 2 N–H and O–H groups in total. The van der Waals surface area contributed by atoms with Gasteiger partial charge >= 0.3 is 13.1 Å². The van der Waals surface area contributed by atoms with E-state index in [0.29, 0.717) is 23.0 Å².